The summed E-state index contributed by atoms with van der Waals surface area (Å²) in [5.41, 5.74) is 3.37. The van der Waals surface area contributed by atoms with Gasteiger partial charge in [-0.2, -0.15) is 5.10 Å². The van der Waals surface area contributed by atoms with Crippen LogP contribution in [0.2, 0.25) is 0 Å². The van der Waals surface area contributed by atoms with E-state index in [0.29, 0.717) is 11.6 Å². The first-order valence-electron chi connectivity index (χ1n) is 9.22. The average Bonchev–Trinajstić information content (AvgIpc) is 3.14. The summed E-state index contributed by atoms with van der Waals surface area (Å²) < 4.78 is 1.78. The van der Waals surface area contributed by atoms with Crippen molar-refractivity contribution in [2.24, 2.45) is 5.92 Å². The van der Waals surface area contributed by atoms with Gasteiger partial charge in [-0.15, -0.1) is 0 Å². The summed E-state index contributed by atoms with van der Waals surface area (Å²) >= 11 is 0. The summed E-state index contributed by atoms with van der Waals surface area (Å²) in [6.45, 7) is 3.85. The van der Waals surface area contributed by atoms with Crippen molar-refractivity contribution in [2.75, 3.05) is 13.1 Å². The summed E-state index contributed by atoms with van der Waals surface area (Å²) in [4.78, 5) is 15.2. The van der Waals surface area contributed by atoms with E-state index in [9.17, 15) is 4.79 Å². The van der Waals surface area contributed by atoms with Gasteiger partial charge in [0.05, 0.1) is 11.4 Å². The summed E-state index contributed by atoms with van der Waals surface area (Å²) in [5.74, 6) is 0.615. The zero-order valence-electron chi connectivity index (χ0n) is 15.0. The van der Waals surface area contributed by atoms with E-state index in [1.807, 2.05) is 71.6 Å². The molecule has 0 bridgehead atoms. The van der Waals surface area contributed by atoms with E-state index in [1.165, 1.54) is 6.42 Å². The lowest BCUT2D eigenvalue weighted by molar-refractivity contribution is 0.0674. The van der Waals surface area contributed by atoms with Crippen molar-refractivity contribution in [3.8, 4) is 16.9 Å². The number of hydrogen-bond acceptors (Lipinski definition) is 2. The molecule has 1 fully saturated rings. The molecule has 4 rings (SSSR count). The highest BCUT2D eigenvalue weighted by atomic mass is 16.2. The minimum Gasteiger partial charge on any atom is -0.337 e. The van der Waals surface area contributed by atoms with Crippen molar-refractivity contribution in [3.63, 3.8) is 0 Å². The van der Waals surface area contributed by atoms with Gasteiger partial charge in [-0.3, -0.25) is 4.79 Å². The Morgan fingerprint density at radius 1 is 1.04 bits per heavy atom. The number of hydrogen-bond donors (Lipinski definition) is 0. The predicted octanol–water partition coefficient (Wildman–Crippen LogP) is 4.41. The summed E-state index contributed by atoms with van der Waals surface area (Å²) in [5, 5.41) is 4.75. The number of carbonyl (C=O) groups excluding carboxylic acids is 1. The number of likely N-dealkylation sites (tertiary alicyclic amines) is 1. The van der Waals surface area contributed by atoms with E-state index in [-0.39, 0.29) is 5.91 Å². The number of rotatable bonds is 3. The maximum absolute atomic E-state index is 13.2. The van der Waals surface area contributed by atoms with Gasteiger partial charge in [-0.25, -0.2) is 4.68 Å². The Bertz CT molecular complexity index is 886. The van der Waals surface area contributed by atoms with Crippen molar-refractivity contribution in [1.29, 1.82) is 0 Å². The fraction of sp³-hybridized carbons (Fsp3) is 0.273. The molecular formula is C22H23N3O. The highest BCUT2D eigenvalue weighted by Gasteiger charge is 2.26. The molecule has 0 saturated carbocycles. The second-order valence-electron chi connectivity index (χ2n) is 7.03. The fourth-order valence-electron chi connectivity index (χ4n) is 3.59. The molecule has 1 aromatic heterocycles. The minimum atomic E-state index is 0.0649. The van der Waals surface area contributed by atoms with Crippen LogP contribution in [0, 0.1) is 5.92 Å². The Hall–Kier alpha value is -2.88. The molecule has 2 aromatic carbocycles. The molecule has 3 aromatic rings. The van der Waals surface area contributed by atoms with Crippen LogP contribution in [0.3, 0.4) is 0 Å². The van der Waals surface area contributed by atoms with Gasteiger partial charge < -0.3 is 4.90 Å². The predicted molar refractivity (Wildman–Crippen MR) is 103 cm³/mol. The number of aromatic nitrogens is 2. The maximum atomic E-state index is 13.2. The molecule has 132 valence electrons. The van der Waals surface area contributed by atoms with Crippen LogP contribution in [0.1, 0.15) is 30.3 Å². The standard InChI is InChI=1S/C22H23N3O/c1-17-9-8-14-24(16-17)22(26)21-15-20(18-10-4-2-5-11-18)23-25(21)19-12-6-3-7-13-19/h2-7,10-13,15,17H,8-9,14,16H2,1H3/t17-/m1/s1. The van der Waals surface area contributed by atoms with Crippen molar-refractivity contribution >= 4 is 5.91 Å². The van der Waals surface area contributed by atoms with Crippen LogP contribution >= 0.6 is 0 Å². The van der Waals surface area contributed by atoms with Gasteiger partial charge in [-0.05, 0) is 37.0 Å². The number of para-hydroxylation sites is 1. The molecular weight excluding hydrogens is 322 g/mol. The molecule has 4 heteroatoms. The van der Waals surface area contributed by atoms with Gasteiger partial charge in [0.15, 0.2) is 0 Å². The summed E-state index contributed by atoms with van der Waals surface area (Å²) in [6.07, 6.45) is 2.26. The topological polar surface area (TPSA) is 38.1 Å². The van der Waals surface area contributed by atoms with Gasteiger partial charge in [0.2, 0.25) is 0 Å². The lowest BCUT2D eigenvalue weighted by atomic mass is 10.00. The molecule has 2 heterocycles. The lowest BCUT2D eigenvalue weighted by Gasteiger charge is -2.30. The third-order valence-corrected chi connectivity index (χ3v) is 4.94. The highest BCUT2D eigenvalue weighted by molar-refractivity contribution is 5.94. The lowest BCUT2D eigenvalue weighted by Crippen LogP contribution is -2.39. The Labute approximate surface area is 154 Å². The molecule has 1 aliphatic heterocycles. The number of amides is 1. The zero-order valence-corrected chi connectivity index (χ0v) is 15.0. The smallest absolute Gasteiger partial charge is 0.272 e. The van der Waals surface area contributed by atoms with E-state index >= 15 is 0 Å². The van der Waals surface area contributed by atoms with Crippen molar-refractivity contribution in [2.45, 2.75) is 19.8 Å². The summed E-state index contributed by atoms with van der Waals surface area (Å²) in [6, 6.07) is 21.8. The van der Waals surface area contributed by atoms with Crippen LogP contribution in [0.4, 0.5) is 0 Å². The van der Waals surface area contributed by atoms with E-state index in [1.54, 1.807) is 4.68 Å². The number of piperidine rings is 1. The normalized spacial score (nSPS) is 17.3. The van der Waals surface area contributed by atoms with Crippen LogP contribution in [0.5, 0.6) is 0 Å². The molecule has 1 aliphatic rings. The van der Waals surface area contributed by atoms with E-state index in [2.05, 4.69) is 6.92 Å². The van der Waals surface area contributed by atoms with Crippen molar-refractivity contribution in [3.05, 3.63) is 72.4 Å². The van der Waals surface area contributed by atoms with Gasteiger partial charge in [0.25, 0.3) is 5.91 Å². The first kappa shape index (κ1) is 16.6. The molecule has 4 nitrogen and oxygen atoms in total. The average molecular weight is 345 g/mol. The molecule has 0 spiro atoms. The Balaban J connectivity index is 1.77. The Kier molecular flexibility index (Phi) is 4.57. The molecule has 0 aliphatic carbocycles. The monoisotopic (exact) mass is 345 g/mol. The number of carbonyl (C=O) groups is 1. The second kappa shape index (κ2) is 7.16. The van der Waals surface area contributed by atoms with Crippen LogP contribution < -0.4 is 0 Å². The molecule has 0 N–H and O–H groups in total. The zero-order chi connectivity index (χ0) is 17.9. The third kappa shape index (κ3) is 3.27. The van der Waals surface area contributed by atoms with E-state index in [0.717, 1.165) is 36.5 Å². The first-order chi connectivity index (χ1) is 12.7. The van der Waals surface area contributed by atoms with Crippen LogP contribution in [-0.4, -0.2) is 33.7 Å². The van der Waals surface area contributed by atoms with Crippen LogP contribution in [-0.2, 0) is 0 Å². The van der Waals surface area contributed by atoms with Crippen LogP contribution in [0.25, 0.3) is 16.9 Å². The number of benzene rings is 2. The largest absolute Gasteiger partial charge is 0.337 e. The van der Waals surface area contributed by atoms with E-state index < -0.39 is 0 Å². The maximum Gasteiger partial charge on any atom is 0.272 e. The number of nitrogens with zero attached hydrogens (tertiary/aromatic N) is 3. The third-order valence-electron chi connectivity index (χ3n) is 4.94. The molecule has 1 amide bonds. The summed E-state index contributed by atoms with van der Waals surface area (Å²) in [7, 11) is 0. The first-order valence-corrected chi connectivity index (χ1v) is 9.22. The van der Waals surface area contributed by atoms with Gasteiger partial charge >= 0.3 is 0 Å². The quantitative estimate of drug-likeness (QED) is 0.705. The molecule has 0 radical (unpaired) electrons. The second-order valence-corrected chi connectivity index (χ2v) is 7.03. The minimum absolute atomic E-state index is 0.0649. The van der Waals surface area contributed by atoms with Gasteiger partial charge in [-0.1, -0.05) is 55.5 Å². The Morgan fingerprint density at radius 2 is 1.73 bits per heavy atom. The van der Waals surface area contributed by atoms with E-state index in [4.69, 9.17) is 5.10 Å². The molecule has 0 unspecified atom stereocenters. The fourth-order valence-corrected chi connectivity index (χ4v) is 3.59. The van der Waals surface area contributed by atoms with Crippen molar-refractivity contribution < 1.29 is 4.79 Å². The highest BCUT2D eigenvalue weighted by Crippen LogP contribution is 2.24. The SMILES string of the molecule is C[C@@H]1CCCN(C(=O)c2cc(-c3ccccc3)nn2-c2ccccc2)C1. The molecule has 1 saturated heterocycles. The van der Waals surface area contributed by atoms with Gasteiger partial charge in [0.1, 0.15) is 5.69 Å². The van der Waals surface area contributed by atoms with Crippen molar-refractivity contribution in [1.82, 2.24) is 14.7 Å². The Morgan fingerprint density at radius 3 is 2.42 bits per heavy atom. The van der Waals surface area contributed by atoms with Crippen LogP contribution in [0.15, 0.2) is 66.7 Å². The van der Waals surface area contributed by atoms with Gasteiger partial charge in [0, 0.05) is 18.7 Å². The molecule has 26 heavy (non-hydrogen) atoms. The molecule has 1 atom stereocenters.